The molecule has 0 radical (unpaired) electrons. The number of benzene rings is 1. The van der Waals surface area contributed by atoms with Gasteiger partial charge in [0, 0.05) is 0 Å². The van der Waals surface area contributed by atoms with Crippen LogP contribution in [0.25, 0.3) is 0 Å². The molecular formula is C16H28N2O. The van der Waals surface area contributed by atoms with Gasteiger partial charge in [-0.05, 0) is 77.5 Å². The summed E-state index contributed by atoms with van der Waals surface area (Å²) in [4.78, 5) is 0. The van der Waals surface area contributed by atoms with Crippen molar-refractivity contribution >= 4 is 0 Å². The summed E-state index contributed by atoms with van der Waals surface area (Å²) >= 11 is 0. The number of ether oxygens (including phenoxy) is 1. The van der Waals surface area contributed by atoms with E-state index in [9.17, 15) is 0 Å². The lowest BCUT2D eigenvalue weighted by molar-refractivity contribution is 0.242. The molecule has 0 amide bonds. The molecule has 19 heavy (non-hydrogen) atoms. The molecule has 0 aliphatic carbocycles. The third-order valence-corrected chi connectivity index (χ3v) is 2.92. The van der Waals surface area contributed by atoms with Crippen LogP contribution in [0, 0.1) is 0 Å². The molecule has 0 aliphatic rings. The Morgan fingerprint density at radius 3 is 2.32 bits per heavy atom. The van der Waals surface area contributed by atoms with Crippen LogP contribution in [0.3, 0.4) is 0 Å². The number of unbranched alkanes of at least 4 members (excludes halogenated alkanes) is 1. The van der Waals surface area contributed by atoms with Crippen LogP contribution in [0.15, 0.2) is 24.3 Å². The minimum absolute atomic E-state index is 0.241. The first-order chi connectivity index (χ1) is 9.22. The zero-order valence-electron chi connectivity index (χ0n) is 12.5. The molecule has 2 N–H and O–H groups in total. The fourth-order valence-electron chi connectivity index (χ4n) is 1.92. The minimum atomic E-state index is 0.241. The Bertz CT molecular complexity index is 322. The molecule has 1 rings (SSSR count). The van der Waals surface area contributed by atoms with E-state index in [1.807, 2.05) is 20.9 Å². The molecule has 1 aromatic rings. The summed E-state index contributed by atoms with van der Waals surface area (Å²) in [6.07, 6.45) is 3.80. The van der Waals surface area contributed by atoms with E-state index in [4.69, 9.17) is 4.74 Å². The van der Waals surface area contributed by atoms with Crippen LogP contribution >= 0.6 is 0 Å². The summed E-state index contributed by atoms with van der Waals surface area (Å²) in [6, 6.07) is 8.42. The van der Waals surface area contributed by atoms with Crippen LogP contribution in [0.5, 0.6) is 5.75 Å². The Labute approximate surface area is 117 Å². The van der Waals surface area contributed by atoms with Crippen molar-refractivity contribution in [3.05, 3.63) is 29.8 Å². The van der Waals surface area contributed by atoms with Gasteiger partial charge in [0.25, 0.3) is 0 Å². The zero-order chi connectivity index (χ0) is 13.9. The largest absolute Gasteiger partial charge is 0.491 e. The Morgan fingerprint density at radius 1 is 1.00 bits per heavy atom. The van der Waals surface area contributed by atoms with Gasteiger partial charge in [-0.2, -0.15) is 0 Å². The molecule has 0 saturated heterocycles. The summed E-state index contributed by atoms with van der Waals surface area (Å²) in [5.74, 6) is 0.957. The van der Waals surface area contributed by atoms with Crippen LogP contribution in [-0.2, 0) is 6.42 Å². The van der Waals surface area contributed by atoms with E-state index >= 15 is 0 Å². The summed E-state index contributed by atoms with van der Waals surface area (Å²) in [5.41, 5.74) is 1.36. The van der Waals surface area contributed by atoms with Crippen molar-refractivity contribution in [2.75, 3.05) is 26.7 Å². The second kappa shape index (κ2) is 9.82. The van der Waals surface area contributed by atoms with E-state index in [2.05, 4.69) is 34.9 Å². The highest BCUT2D eigenvalue weighted by Crippen LogP contribution is 2.13. The summed E-state index contributed by atoms with van der Waals surface area (Å²) < 4.78 is 5.63. The molecule has 0 fully saturated rings. The van der Waals surface area contributed by atoms with Gasteiger partial charge in [0.15, 0.2) is 0 Å². The molecule has 1 aromatic carbocycles. The van der Waals surface area contributed by atoms with E-state index < -0.39 is 0 Å². The normalized spacial score (nSPS) is 10.9. The lowest BCUT2D eigenvalue weighted by Gasteiger charge is -2.10. The van der Waals surface area contributed by atoms with E-state index in [0.717, 1.165) is 31.8 Å². The average Bonchev–Trinajstić information content (AvgIpc) is 2.39. The first-order valence-corrected chi connectivity index (χ1v) is 7.33. The Balaban J connectivity index is 2.12. The van der Waals surface area contributed by atoms with Crippen molar-refractivity contribution in [2.24, 2.45) is 0 Å². The molecule has 0 aliphatic heterocycles. The Hall–Kier alpha value is -1.06. The second-order valence-electron chi connectivity index (χ2n) is 5.12. The van der Waals surface area contributed by atoms with Gasteiger partial charge in [0.2, 0.25) is 0 Å². The molecular weight excluding hydrogens is 236 g/mol. The SMILES string of the molecule is CNCCCCNCCc1ccc(OC(C)C)cc1. The number of nitrogens with one attached hydrogen (secondary N) is 2. The summed E-state index contributed by atoms with van der Waals surface area (Å²) in [6.45, 7) is 7.36. The summed E-state index contributed by atoms with van der Waals surface area (Å²) in [7, 11) is 2.00. The number of hydrogen-bond donors (Lipinski definition) is 2. The van der Waals surface area contributed by atoms with Gasteiger partial charge in [-0.25, -0.2) is 0 Å². The quantitative estimate of drug-likeness (QED) is 0.637. The van der Waals surface area contributed by atoms with Crippen LogP contribution < -0.4 is 15.4 Å². The predicted molar refractivity (Wildman–Crippen MR) is 81.9 cm³/mol. The number of rotatable bonds is 10. The third-order valence-electron chi connectivity index (χ3n) is 2.92. The molecule has 0 unspecified atom stereocenters. The fraction of sp³-hybridized carbons (Fsp3) is 0.625. The standard InChI is InChI=1S/C16H28N2O/c1-14(2)19-16-8-6-15(7-9-16)10-13-18-12-5-4-11-17-3/h6-9,14,17-18H,4-5,10-13H2,1-3H3. The van der Waals surface area contributed by atoms with Crippen molar-refractivity contribution in [1.82, 2.24) is 10.6 Å². The van der Waals surface area contributed by atoms with E-state index in [0.29, 0.717) is 0 Å². The van der Waals surface area contributed by atoms with E-state index in [1.54, 1.807) is 0 Å². The maximum Gasteiger partial charge on any atom is 0.119 e. The topological polar surface area (TPSA) is 33.3 Å². The molecule has 0 bridgehead atoms. The first kappa shape index (κ1) is 16.0. The zero-order valence-corrected chi connectivity index (χ0v) is 12.5. The molecule has 3 nitrogen and oxygen atoms in total. The Kier molecular flexibility index (Phi) is 8.26. The maximum absolute atomic E-state index is 5.63. The average molecular weight is 264 g/mol. The fourth-order valence-corrected chi connectivity index (χ4v) is 1.92. The van der Waals surface area contributed by atoms with Crippen LogP contribution in [0.4, 0.5) is 0 Å². The molecule has 0 saturated carbocycles. The first-order valence-electron chi connectivity index (χ1n) is 7.33. The molecule has 0 aromatic heterocycles. The molecule has 3 heteroatoms. The predicted octanol–water partition coefficient (Wildman–Crippen LogP) is 2.61. The minimum Gasteiger partial charge on any atom is -0.491 e. The second-order valence-corrected chi connectivity index (χ2v) is 5.12. The molecule has 0 spiro atoms. The molecule has 0 atom stereocenters. The van der Waals surface area contributed by atoms with Gasteiger partial charge in [0.05, 0.1) is 6.10 Å². The third kappa shape index (κ3) is 7.85. The highest BCUT2D eigenvalue weighted by Gasteiger charge is 1.98. The lowest BCUT2D eigenvalue weighted by Crippen LogP contribution is -2.19. The summed E-state index contributed by atoms with van der Waals surface area (Å²) in [5, 5.41) is 6.64. The van der Waals surface area contributed by atoms with Crippen molar-refractivity contribution in [3.8, 4) is 5.75 Å². The van der Waals surface area contributed by atoms with Crippen molar-refractivity contribution < 1.29 is 4.74 Å². The van der Waals surface area contributed by atoms with Crippen LogP contribution in [-0.4, -0.2) is 32.8 Å². The van der Waals surface area contributed by atoms with Gasteiger partial charge < -0.3 is 15.4 Å². The van der Waals surface area contributed by atoms with Crippen molar-refractivity contribution in [2.45, 2.75) is 39.2 Å². The Morgan fingerprint density at radius 2 is 1.68 bits per heavy atom. The smallest absolute Gasteiger partial charge is 0.119 e. The van der Waals surface area contributed by atoms with E-state index in [1.165, 1.54) is 18.4 Å². The monoisotopic (exact) mass is 264 g/mol. The number of hydrogen-bond acceptors (Lipinski definition) is 3. The van der Waals surface area contributed by atoms with Gasteiger partial charge in [-0.15, -0.1) is 0 Å². The highest BCUT2D eigenvalue weighted by atomic mass is 16.5. The highest BCUT2D eigenvalue weighted by molar-refractivity contribution is 5.27. The molecule has 108 valence electrons. The van der Waals surface area contributed by atoms with Gasteiger partial charge in [0.1, 0.15) is 5.75 Å². The van der Waals surface area contributed by atoms with Crippen molar-refractivity contribution in [3.63, 3.8) is 0 Å². The van der Waals surface area contributed by atoms with Gasteiger partial charge in [-0.1, -0.05) is 12.1 Å². The van der Waals surface area contributed by atoms with Crippen LogP contribution in [0.1, 0.15) is 32.3 Å². The van der Waals surface area contributed by atoms with Gasteiger partial charge >= 0.3 is 0 Å². The van der Waals surface area contributed by atoms with Crippen molar-refractivity contribution in [1.29, 1.82) is 0 Å². The van der Waals surface area contributed by atoms with Crippen LogP contribution in [0.2, 0.25) is 0 Å². The maximum atomic E-state index is 5.63. The van der Waals surface area contributed by atoms with E-state index in [-0.39, 0.29) is 6.10 Å². The lowest BCUT2D eigenvalue weighted by atomic mass is 10.1. The molecule has 0 heterocycles. The van der Waals surface area contributed by atoms with Gasteiger partial charge in [-0.3, -0.25) is 0 Å².